The lowest BCUT2D eigenvalue weighted by molar-refractivity contribution is 0.168. The molecule has 2 rings (SSSR count). The van der Waals surface area contributed by atoms with Crippen molar-refractivity contribution in [2.24, 2.45) is 5.41 Å². The van der Waals surface area contributed by atoms with Crippen molar-refractivity contribution in [1.82, 2.24) is 0 Å². The second-order valence-electron chi connectivity index (χ2n) is 4.53. The maximum absolute atomic E-state index is 9.18. The Bertz CT molecular complexity index is 360. The second kappa shape index (κ2) is 5.14. The van der Waals surface area contributed by atoms with Crippen molar-refractivity contribution in [2.75, 3.05) is 13.2 Å². The molecule has 1 aromatic rings. The third kappa shape index (κ3) is 2.62. The maximum atomic E-state index is 9.18. The molecule has 1 saturated heterocycles. The summed E-state index contributed by atoms with van der Waals surface area (Å²) in [5.74, 6) is 0. The Morgan fingerprint density at radius 3 is 2.75 bits per heavy atom. The zero-order chi connectivity index (χ0) is 11.3. The Morgan fingerprint density at radius 1 is 1.31 bits per heavy atom. The summed E-state index contributed by atoms with van der Waals surface area (Å²) in [6.45, 7) is 1.37. The highest BCUT2D eigenvalue weighted by atomic mass is 16.5. The summed E-state index contributed by atoms with van der Waals surface area (Å²) in [6.07, 6.45) is 3.99. The Labute approximate surface area is 96.9 Å². The third-order valence-corrected chi connectivity index (χ3v) is 3.30. The number of hydrogen-bond donors (Lipinski definition) is 0. The van der Waals surface area contributed by atoms with Crippen LogP contribution in [0.1, 0.15) is 24.8 Å². The van der Waals surface area contributed by atoms with E-state index < -0.39 is 0 Å². The van der Waals surface area contributed by atoms with Gasteiger partial charge in [0, 0.05) is 6.61 Å². The topological polar surface area (TPSA) is 33.0 Å². The van der Waals surface area contributed by atoms with Gasteiger partial charge in [0.05, 0.1) is 18.1 Å². The molecule has 0 N–H and O–H groups in total. The van der Waals surface area contributed by atoms with Crippen LogP contribution in [0, 0.1) is 16.7 Å². The molecule has 1 aliphatic heterocycles. The summed E-state index contributed by atoms with van der Waals surface area (Å²) in [4.78, 5) is 0. The SMILES string of the molecule is N#CC1(CCCc2ccccc2)CCOC1. The van der Waals surface area contributed by atoms with Gasteiger partial charge in [-0.1, -0.05) is 30.3 Å². The number of nitrogens with zero attached hydrogens (tertiary/aromatic N) is 1. The van der Waals surface area contributed by atoms with E-state index in [-0.39, 0.29) is 5.41 Å². The monoisotopic (exact) mass is 215 g/mol. The van der Waals surface area contributed by atoms with Crippen molar-refractivity contribution in [3.05, 3.63) is 35.9 Å². The summed E-state index contributed by atoms with van der Waals surface area (Å²) in [5.41, 5.74) is 1.16. The zero-order valence-electron chi connectivity index (χ0n) is 9.48. The van der Waals surface area contributed by atoms with Gasteiger partial charge in [-0.25, -0.2) is 0 Å². The average Bonchev–Trinajstić information content (AvgIpc) is 2.80. The van der Waals surface area contributed by atoms with Gasteiger partial charge in [0.1, 0.15) is 0 Å². The third-order valence-electron chi connectivity index (χ3n) is 3.30. The normalized spacial score (nSPS) is 24.2. The van der Waals surface area contributed by atoms with E-state index in [4.69, 9.17) is 4.74 Å². The highest BCUT2D eigenvalue weighted by molar-refractivity contribution is 5.14. The standard InChI is InChI=1S/C14H17NO/c15-11-14(9-10-16-12-14)8-4-7-13-5-2-1-3-6-13/h1-3,5-6H,4,7-10,12H2. The molecule has 0 spiro atoms. The number of hydrogen-bond acceptors (Lipinski definition) is 2. The first kappa shape index (κ1) is 11.2. The average molecular weight is 215 g/mol. The maximum Gasteiger partial charge on any atom is 0.0828 e. The van der Waals surface area contributed by atoms with E-state index >= 15 is 0 Å². The Hall–Kier alpha value is -1.33. The molecular formula is C14H17NO. The van der Waals surface area contributed by atoms with Crippen LogP contribution >= 0.6 is 0 Å². The summed E-state index contributed by atoms with van der Waals surface area (Å²) >= 11 is 0. The van der Waals surface area contributed by atoms with Crippen LogP contribution in [0.4, 0.5) is 0 Å². The van der Waals surface area contributed by atoms with Crippen LogP contribution in [0.5, 0.6) is 0 Å². The molecule has 16 heavy (non-hydrogen) atoms. The largest absolute Gasteiger partial charge is 0.380 e. The molecule has 0 aliphatic carbocycles. The van der Waals surface area contributed by atoms with E-state index in [1.165, 1.54) is 5.56 Å². The highest BCUT2D eigenvalue weighted by Crippen LogP contribution is 2.33. The molecule has 2 nitrogen and oxygen atoms in total. The highest BCUT2D eigenvalue weighted by Gasteiger charge is 2.34. The van der Waals surface area contributed by atoms with E-state index in [1.807, 2.05) is 6.07 Å². The summed E-state index contributed by atoms with van der Waals surface area (Å²) in [5, 5.41) is 9.18. The predicted molar refractivity (Wildman–Crippen MR) is 62.9 cm³/mol. The minimum atomic E-state index is -0.200. The zero-order valence-corrected chi connectivity index (χ0v) is 9.48. The first-order valence-electron chi connectivity index (χ1n) is 5.88. The van der Waals surface area contributed by atoms with Gasteiger partial charge in [0.25, 0.3) is 0 Å². The molecule has 0 saturated carbocycles. The van der Waals surface area contributed by atoms with Crippen LogP contribution in [0.25, 0.3) is 0 Å². The molecule has 1 heterocycles. The molecule has 1 aromatic carbocycles. The van der Waals surface area contributed by atoms with Gasteiger partial charge >= 0.3 is 0 Å². The first-order chi connectivity index (χ1) is 7.85. The van der Waals surface area contributed by atoms with E-state index in [9.17, 15) is 5.26 Å². The Morgan fingerprint density at radius 2 is 2.12 bits per heavy atom. The molecule has 84 valence electrons. The van der Waals surface area contributed by atoms with Gasteiger partial charge in [0.2, 0.25) is 0 Å². The quantitative estimate of drug-likeness (QED) is 0.773. The molecule has 1 fully saturated rings. The van der Waals surface area contributed by atoms with Crippen LogP contribution in [0.15, 0.2) is 30.3 Å². The van der Waals surface area contributed by atoms with Gasteiger partial charge in [-0.15, -0.1) is 0 Å². The number of aryl methyl sites for hydroxylation is 1. The van der Waals surface area contributed by atoms with Crippen LogP contribution in [-0.2, 0) is 11.2 Å². The summed E-state index contributed by atoms with van der Waals surface area (Å²) in [6, 6.07) is 12.9. The van der Waals surface area contributed by atoms with E-state index in [0.29, 0.717) is 6.61 Å². The fourth-order valence-electron chi connectivity index (χ4n) is 2.22. The molecule has 1 aliphatic rings. The lowest BCUT2D eigenvalue weighted by Crippen LogP contribution is -2.18. The fourth-order valence-corrected chi connectivity index (χ4v) is 2.22. The van der Waals surface area contributed by atoms with Gasteiger partial charge in [-0.05, 0) is 31.2 Å². The van der Waals surface area contributed by atoms with E-state index in [1.54, 1.807) is 0 Å². The Kier molecular flexibility index (Phi) is 3.58. The van der Waals surface area contributed by atoms with Crippen molar-refractivity contribution in [1.29, 1.82) is 5.26 Å². The minimum Gasteiger partial charge on any atom is -0.380 e. The minimum absolute atomic E-state index is 0.200. The van der Waals surface area contributed by atoms with Crippen LogP contribution in [-0.4, -0.2) is 13.2 Å². The van der Waals surface area contributed by atoms with Gasteiger partial charge in [-0.3, -0.25) is 0 Å². The summed E-state index contributed by atoms with van der Waals surface area (Å²) < 4.78 is 5.33. The van der Waals surface area contributed by atoms with Crippen LogP contribution in [0.2, 0.25) is 0 Å². The molecule has 1 atom stereocenters. The first-order valence-corrected chi connectivity index (χ1v) is 5.88. The number of benzene rings is 1. The smallest absolute Gasteiger partial charge is 0.0828 e. The molecule has 2 heteroatoms. The van der Waals surface area contributed by atoms with Crippen LogP contribution in [0.3, 0.4) is 0 Å². The lowest BCUT2D eigenvalue weighted by atomic mass is 9.83. The number of ether oxygens (including phenoxy) is 1. The van der Waals surface area contributed by atoms with Crippen molar-refractivity contribution >= 4 is 0 Å². The van der Waals surface area contributed by atoms with Gasteiger partial charge < -0.3 is 4.74 Å². The molecule has 0 bridgehead atoms. The molecule has 1 unspecified atom stereocenters. The van der Waals surface area contributed by atoms with E-state index in [0.717, 1.165) is 32.3 Å². The summed E-state index contributed by atoms with van der Waals surface area (Å²) in [7, 11) is 0. The lowest BCUT2D eigenvalue weighted by Gasteiger charge is -2.17. The van der Waals surface area contributed by atoms with Crippen molar-refractivity contribution < 1.29 is 4.74 Å². The molecule has 0 amide bonds. The Balaban J connectivity index is 1.82. The van der Waals surface area contributed by atoms with Gasteiger partial charge in [0.15, 0.2) is 0 Å². The number of nitriles is 1. The molecule has 0 aromatic heterocycles. The van der Waals surface area contributed by atoms with Crippen molar-refractivity contribution in [3.63, 3.8) is 0 Å². The van der Waals surface area contributed by atoms with E-state index in [2.05, 4.69) is 30.3 Å². The molecule has 0 radical (unpaired) electrons. The second-order valence-corrected chi connectivity index (χ2v) is 4.53. The number of rotatable bonds is 4. The predicted octanol–water partition coefficient (Wildman–Crippen LogP) is 2.94. The fraction of sp³-hybridized carbons (Fsp3) is 0.500. The van der Waals surface area contributed by atoms with Crippen molar-refractivity contribution in [2.45, 2.75) is 25.7 Å². The van der Waals surface area contributed by atoms with Gasteiger partial charge in [-0.2, -0.15) is 5.26 Å². The van der Waals surface area contributed by atoms with Crippen LogP contribution < -0.4 is 0 Å². The van der Waals surface area contributed by atoms with Crippen molar-refractivity contribution in [3.8, 4) is 6.07 Å². The molecular weight excluding hydrogens is 198 g/mol.